The van der Waals surface area contributed by atoms with E-state index in [0.29, 0.717) is 37.1 Å². The molecule has 9 heteroatoms. The van der Waals surface area contributed by atoms with Gasteiger partial charge in [-0.15, -0.1) is 5.92 Å². The van der Waals surface area contributed by atoms with Gasteiger partial charge in [0.1, 0.15) is 6.33 Å². The van der Waals surface area contributed by atoms with Crippen LogP contribution in [-0.4, -0.2) is 51.6 Å². The number of imidazole rings is 1. The first-order chi connectivity index (χ1) is 15.2. The number of rotatable bonds is 8. The molecule has 0 fully saturated rings. The summed E-state index contributed by atoms with van der Waals surface area (Å²) in [5, 5.41) is 6.99. The molecule has 168 valence electrons. The normalized spacial score (nSPS) is 11.1. The SMILES string of the molecule is CC#CCn1c(N(C)CC(C)(C)N)nc(NC)c1C(=O)NCc1ccc2cncnc2c1. The molecule has 4 N–H and O–H groups in total. The minimum absolute atomic E-state index is 0.241. The molecule has 0 saturated heterocycles. The van der Waals surface area contributed by atoms with Crippen LogP contribution < -0.4 is 21.3 Å². The largest absolute Gasteiger partial charge is 0.371 e. The molecule has 0 aliphatic rings. The lowest BCUT2D eigenvalue weighted by molar-refractivity contribution is 0.0943. The number of nitrogens with one attached hydrogen (secondary N) is 2. The lowest BCUT2D eigenvalue weighted by atomic mass is 10.1. The van der Waals surface area contributed by atoms with Crippen molar-refractivity contribution < 1.29 is 4.79 Å². The Morgan fingerprint density at radius 3 is 2.81 bits per heavy atom. The summed E-state index contributed by atoms with van der Waals surface area (Å²) in [6.07, 6.45) is 3.27. The molecular formula is C23H30N8O. The number of nitrogens with two attached hydrogens (primary N) is 1. The third-order valence-corrected chi connectivity index (χ3v) is 4.82. The fraction of sp³-hybridized carbons (Fsp3) is 0.391. The van der Waals surface area contributed by atoms with Crippen molar-refractivity contribution in [3.05, 3.63) is 42.0 Å². The summed E-state index contributed by atoms with van der Waals surface area (Å²) in [4.78, 5) is 28.1. The summed E-state index contributed by atoms with van der Waals surface area (Å²) in [5.74, 6) is 6.81. The Bertz CT molecular complexity index is 1170. The molecule has 0 bridgehead atoms. The van der Waals surface area contributed by atoms with Crippen LogP contribution in [-0.2, 0) is 13.1 Å². The van der Waals surface area contributed by atoms with E-state index in [9.17, 15) is 4.79 Å². The molecule has 0 saturated carbocycles. The fourth-order valence-corrected chi connectivity index (χ4v) is 3.52. The molecule has 32 heavy (non-hydrogen) atoms. The number of nitrogens with zero attached hydrogens (tertiary/aromatic N) is 5. The van der Waals surface area contributed by atoms with Gasteiger partial charge < -0.3 is 21.3 Å². The third kappa shape index (κ3) is 5.34. The molecular weight excluding hydrogens is 404 g/mol. The second-order valence-corrected chi connectivity index (χ2v) is 8.32. The van der Waals surface area contributed by atoms with E-state index in [1.807, 2.05) is 48.6 Å². The van der Waals surface area contributed by atoms with Crippen LogP contribution in [0.4, 0.5) is 11.8 Å². The molecule has 0 aliphatic carbocycles. The average molecular weight is 435 g/mol. The molecule has 0 spiro atoms. The Kier molecular flexibility index (Phi) is 6.95. The maximum Gasteiger partial charge on any atom is 0.272 e. The minimum atomic E-state index is -0.427. The zero-order valence-electron chi connectivity index (χ0n) is 19.2. The summed E-state index contributed by atoms with van der Waals surface area (Å²) in [5.41, 5.74) is 7.98. The van der Waals surface area contributed by atoms with Crippen molar-refractivity contribution >= 4 is 28.6 Å². The predicted octanol–water partition coefficient (Wildman–Crippen LogP) is 1.99. The number of hydrogen-bond acceptors (Lipinski definition) is 7. The van der Waals surface area contributed by atoms with Crippen LogP contribution in [0.3, 0.4) is 0 Å². The summed E-state index contributed by atoms with van der Waals surface area (Å²) < 4.78 is 1.82. The van der Waals surface area contributed by atoms with Crippen molar-refractivity contribution in [3.63, 3.8) is 0 Å². The number of likely N-dealkylation sites (N-methyl/N-ethyl adjacent to an activating group) is 1. The van der Waals surface area contributed by atoms with E-state index in [-0.39, 0.29) is 5.91 Å². The maximum atomic E-state index is 13.2. The molecule has 1 amide bonds. The Morgan fingerprint density at radius 1 is 1.34 bits per heavy atom. The Hall–Kier alpha value is -3.64. The monoisotopic (exact) mass is 434 g/mol. The molecule has 0 atom stereocenters. The highest BCUT2D eigenvalue weighted by Gasteiger charge is 2.26. The fourth-order valence-electron chi connectivity index (χ4n) is 3.52. The molecule has 0 radical (unpaired) electrons. The van der Waals surface area contributed by atoms with Gasteiger partial charge >= 0.3 is 0 Å². The van der Waals surface area contributed by atoms with Gasteiger partial charge in [0.05, 0.1) is 12.1 Å². The third-order valence-electron chi connectivity index (χ3n) is 4.82. The van der Waals surface area contributed by atoms with Crippen LogP contribution in [0, 0.1) is 11.8 Å². The van der Waals surface area contributed by atoms with E-state index in [4.69, 9.17) is 5.73 Å². The van der Waals surface area contributed by atoms with Gasteiger partial charge in [0.2, 0.25) is 5.95 Å². The van der Waals surface area contributed by atoms with Crippen molar-refractivity contribution in [2.75, 3.05) is 30.9 Å². The molecule has 1 aromatic carbocycles. The smallest absolute Gasteiger partial charge is 0.272 e. The number of benzene rings is 1. The highest BCUT2D eigenvalue weighted by Crippen LogP contribution is 2.24. The molecule has 9 nitrogen and oxygen atoms in total. The van der Waals surface area contributed by atoms with Gasteiger partial charge in [-0.1, -0.05) is 18.1 Å². The Balaban J connectivity index is 1.89. The predicted molar refractivity (Wildman–Crippen MR) is 127 cm³/mol. The maximum absolute atomic E-state index is 13.2. The van der Waals surface area contributed by atoms with Crippen LogP contribution in [0.25, 0.3) is 10.9 Å². The zero-order chi connectivity index (χ0) is 23.3. The van der Waals surface area contributed by atoms with E-state index in [1.165, 1.54) is 6.33 Å². The number of carbonyl (C=O) groups is 1. The van der Waals surface area contributed by atoms with E-state index in [0.717, 1.165) is 16.5 Å². The summed E-state index contributed by atoms with van der Waals surface area (Å²) in [7, 11) is 3.65. The van der Waals surface area contributed by atoms with Crippen molar-refractivity contribution in [3.8, 4) is 11.8 Å². The number of fused-ring (bicyclic) bond motifs is 1. The van der Waals surface area contributed by atoms with Gasteiger partial charge in [0.25, 0.3) is 5.91 Å². The number of aromatic nitrogens is 4. The van der Waals surface area contributed by atoms with Crippen molar-refractivity contribution in [2.45, 2.75) is 39.4 Å². The number of carbonyl (C=O) groups excluding carboxylic acids is 1. The van der Waals surface area contributed by atoms with Gasteiger partial charge in [-0.3, -0.25) is 9.36 Å². The van der Waals surface area contributed by atoms with E-state index >= 15 is 0 Å². The van der Waals surface area contributed by atoms with Crippen molar-refractivity contribution in [2.24, 2.45) is 5.73 Å². The van der Waals surface area contributed by atoms with E-state index in [1.54, 1.807) is 20.2 Å². The summed E-state index contributed by atoms with van der Waals surface area (Å²) in [6, 6.07) is 5.84. The van der Waals surface area contributed by atoms with Gasteiger partial charge in [0.15, 0.2) is 11.5 Å². The lowest BCUT2D eigenvalue weighted by Gasteiger charge is -2.27. The molecule has 0 aliphatic heterocycles. The first kappa shape index (κ1) is 23.0. The zero-order valence-corrected chi connectivity index (χ0v) is 19.2. The second kappa shape index (κ2) is 9.66. The van der Waals surface area contributed by atoms with Crippen LogP contribution in [0.2, 0.25) is 0 Å². The quantitative estimate of drug-likeness (QED) is 0.465. The average Bonchev–Trinajstić information content (AvgIpc) is 3.13. The van der Waals surface area contributed by atoms with Gasteiger partial charge in [-0.05, 0) is 32.4 Å². The van der Waals surface area contributed by atoms with Crippen molar-refractivity contribution in [1.82, 2.24) is 24.8 Å². The van der Waals surface area contributed by atoms with Crippen LogP contribution >= 0.6 is 0 Å². The first-order valence-corrected chi connectivity index (χ1v) is 10.4. The van der Waals surface area contributed by atoms with E-state index in [2.05, 4.69) is 37.4 Å². The standard InChI is InChI=1S/C23H30N8O/c1-6-7-10-31-19(20(25-4)29-22(31)30(5)14-23(2,3)24)21(32)27-12-16-8-9-17-13-26-15-28-18(17)11-16/h8-9,11,13,15,25H,10,12,14,24H2,1-5H3,(H,27,32). The van der Waals surface area contributed by atoms with Gasteiger partial charge in [-0.25, -0.2) is 9.97 Å². The summed E-state index contributed by atoms with van der Waals surface area (Å²) in [6.45, 7) is 6.92. The number of amides is 1. The Morgan fingerprint density at radius 2 is 2.12 bits per heavy atom. The number of anilines is 2. The second-order valence-electron chi connectivity index (χ2n) is 8.32. The van der Waals surface area contributed by atoms with Crippen LogP contribution in [0.1, 0.15) is 36.8 Å². The topological polar surface area (TPSA) is 114 Å². The highest BCUT2D eigenvalue weighted by molar-refractivity contribution is 5.98. The molecule has 2 heterocycles. The minimum Gasteiger partial charge on any atom is -0.371 e. The molecule has 3 rings (SSSR count). The number of hydrogen-bond donors (Lipinski definition) is 3. The van der Waals surface area contributed by atoms with Crippen LogP contribution in [0.5, 0.6) is 0 Å². The van der Waals surface area contributed by atoms with Crippen LogP contribution in [0.15, 0.2) is 30.7 Å². The Labute approximate surface area is 188 Å². The highest BCUT2D eigenvalue weighted by atomic mass is 16.2. The van der Waals surface area contributed by atoms with Gasteiger partial charge in [0, 0.05) is 44.3 Å². The van der Waals surface area contributed by atoms with Crippen molar-refractivity contribution in [1.29, 1.82) is 0 Å². The first-order valence-electron chi connectivity index (χ1n) is 10.4. The van der Waals surface area contributed by atoms with Gasteiger partial charge in [-0.2, -0.15) is 4.98 Å². The summed E-state index contributed by atoms with van der Waals surface area (Å²) >= 11 is 0. The molecule has 3 aromatic rings. The van der Waals surface area contributed by atoms with E-state index < -0.39 is 5.54 Å². The molecule has 2 aromatic heterocycles. The molecule has 0 unspecified atom stereocenters. The lowest BCUT2D eigenvalue weighted by Crippen LogP contribution is -2.44.